The molecule has 1 aliphatic carbocycles. The summed E-state index contributed by atoms with van der Waals surface area (Å²) in [5.41, 5.74) is 0. The molecule has 1 heterocycles. The van der Waals surface area contributed by atoms with Crippen LogP contribution < -0.4 is 0 Å². The third-order valence-corrected chi connectivity index (χ3v) is 3.24. The topological polar surface area (TPSA) is 32.8 Å². The molecule has 1 aliphatic heterocycles. The Labute approximate surface area is 96.8 Å². The Bertz CT molecular complexity index is 266. The van der Waals surface area contributed by atoms with Gasteiger partial charge >= 0.3 is 5.97 Å². The molecular weight excluding hydrogens is 204 g/mol. The van der Waals surface area contributed by atoms with Gasteiger partial charge in [-0.15, -0.1) is 0 Å². The molecule has 4 nitrogen and oxygen atoms in total. The monoisotopic (exact) mass is 224 g/mol. The second-order valence-corrected chi connectivity index (χ2v) is 4.62. The van der Waals surface area contributed by atoms with Crippen molar-refractivity contribution in [1.82, 2.24) is 9.80 Å². The van der Waals surface area contributed by atoms with E-state index in [9.17, 15) is 4.79 Å². The van der Waals surface area contributed by atoms with Crippen LogP contribution >= 0.6 is 0 Å². The summed E-state index contributed by atoms with van der Waals surface area (Å²) in [6.45, 7) is 5.53. The number of esters is 1. The minimum atomic E-state index is -0.277. The normalized spacial score (nSPS) is 22.7. The fourth-order valence-electron chi connectivity index (χ4n) is 1.99. The lowest BCUT2D eigenvalue weighted by atomic mass is 10.3. The summed E-state index contributed by atoms with van der Waals surface area (Å²) in [4.78, 5) is 15.6. The first-order valence-corrected chi connectivity index (χ1v) is 6.00. The third-order valence-electron chi connectivity index (χ3n) is 3.24. The Balaban J connectivity index is 1.67. The summed E-state index contributed by atoms with van der Waals surface area (Å²) < 4.78 is 4.56. The average molecular weight is 224 g/mol. The number of ether oxygens (including phenoxy) is 1. The van der Waals surface area contributed by atoms with Crippen LogP contribution in [-0.4, -0.2) is 55.6 Å². The van der Waals surface area contributed by atoms with Crippen molar-refractivity contribution in [2.75, 3.05) is 39.8 Å². The molecule has 0 aromatic carbocycles. The number of carbonyl (C=O) groups is 1. The first-order chi connectivity index (χ1) is 7.78. The Morgan fingerprint density at radius 1 is 1.31 bits per heavy atom. The van der Waals surface area contributed by atoms with E-state index >= 15 is 0 Å². The van der Waals surface area contributed by atoms with Gasteiger partial charge in [0.05, 0.1) is 7.11 Å². The van der Waals surface area contributed by atoms with Gasteiger partial charge in [-0.3, -0.25) is 4.90 Å². The van der Waals surface area contributed by atoms with Crippen molar-refractivity contribution in [2.45, 2.75) is 12.8 Å². The summed E-state index contributed by atoms with van der Waals surface area (Å²) in [7, 11) is 1.40. The van der Waals surface area contributed by atoms with E-state index in [0.29, 0.717) is 0 Å². The van der Waals surface area contributed by atoms with Gasteiger partial charge in [0.15, 0.2) is 0 Å². The molecule has 0 N–H and O–H groups in total. The van der Waals surface area contributed by atoms with Crippen molar-refractivity contribution in [3.05, 3.63) is 12.3 Å². The third kappa shape index (κ3) is 3.52. The summed E-state index contributed by atoms with van der Waals surface area (Å²) in [6.07, 6.45) is 6.18. The fraction of sp³-hybridized carbons (Fsp3) is 0.750. The lowest BCUT2D eigenvalue weighted by Crippen LogP contribution is -2.44. The van der Waals surface area contributed by atoms with Crippen LogP contribution in [0.1, 0.15) is 12.8 Å². The summed E-state index contributed by atoms with van der Waals surface area (Å²) in [5.74, 6) is 0.692. The second kappa shape index (κ2) is 5.34. The Morgan fingerprint density at radius 3 is 2.56 bits per heavy atom. The van der Waals surface area contributed by atoms with Crippen LogP contribution in [0.5, 0.6) is 0 Å². The van der Waals surface area contributed by atoms with Crippen LogP contribution in [0, 0.1) is 5.92 Å². The molecular formula is C12H20N2O2. The highest BCUT2D eigenvalue weighted by Crippen LogP contribution is 2.29. The van der Waals surface area contributed by atoms with Crippen LogP contribution in [0.2, 0.25) is 0 Å². The molecule has 1 saturated carbocycles. The molecule has 1 saturated heterocycles. The van der Waals surface area contributed by atoms with E-state index in [4.69, 9.17) is 0 Å². The standard InChI is InChI=1S/C12H20N2O2/c1-16-12(15)4-5-13-6-8-14(9-7-13)10-11-2-3-11/h4-5,11H,2-3,6-10H2,1H3. The minimum absolute atomic E-state index is 0.277. The van der Waals surface area contributed by atoms with E-state index in [1.807, 2.05) is 6.20 Å². The zero-order valence-corrected chi connectivity index (χ0v) is 9.89. The lowest BCUT2D eigenvalue weighted by molar-refractivity contribution is -0.134. The Hall–Kier alpha value is -1.03. The van der Waals surface area contributed by atoms with E-state index in [2.05, 4.69) is 14.5 Å². The molecule has 2 fully saturated rings. The smallest absolute Gasteiger partial charge is 0.331 e. The van der Waals surface area contributed by atoms with Crippen molar-refractivity contribution >= 4 is 5.97 Å². The predicted molar refractivity (Wildman–Crippen MR) is 61.9 cm³/mol. The van der Waals surface area contributed by atoms with Crippen molar-refractivity contribution in [1.29, 1.82) is 0 Å². The van der Waals surface area contributed by atoms with Crippen molar-refractivity contribution in [2.24, 2.45) is 5.92 Å². The highest BCUT2D eigenvalue weighted by molar-refractivity contribution is 5.81. The van der Waals surface area contributed by atoms with E-state index in [-0.39, 0.29) is 5.97 Å². The molecule has 0 spiro atoms. The van der Waals surface area contributed by atoms with Crippen LogP contribution in [0.25, 0.3) is 0 Å². The van der Waals surface area contributed by atoms with Gasteiger partial charge in [-0.1, -0.05) is 0 Å². The molecule has 2 rings (SSSR count). The molecule has 0 unspecified atom stereocenters. The molecule has 0 bridgehead atoms. The van der Waals surface area contributed by atoms with Crippen molar-refractivity contribution < 1.29 is 9.53 Å². The van der Waals surface area contributed by atoms with Gasteiger partial charge in [-0.05, 0) is 18.8 Å². The van der Waals surface area contributed by atoms with Gasteiger partial charge in [0.25, 0.3) is 0 Å². The summed E-state index contributed by atoms with van der Waals surface area (Å²) in [5, 5.41) is 0. The quantitative estimate of drug-likeness (QED) is 0.520. The van der Waals surface area contributed by atoms with Gasteiger partial charge in [-0.2, -0.15) is 0 Å². The molecule has 16 heavy (non-hydrogen) atoms. The maximum atomic E-state index is 10.9. The van der Waals surface area contributed by atoms with Gasteiger partial charge in [0.1, 0.15) is 0 Å². The molecule has 0 radical (unpaired) electrons. The second-order valence-electron chi connectivity index (χ2n) is 4.62. The zero-order chi connectivity index (χ0) is 11.4. The first-order valence-electron chi connectivity index (χ1n) is 6.00. The van der Waals surface area contributed by atoms with Gasteiger partial charge < -0.3 is 9.64 Å². The van der Waals surface area contributed by atoms with E-state index in [1.54, 1.807) is 0 Å². The van der Waals surface area contributed by atoms with Gasteiger partial charge in [-0.25, -0.2) is 4.79 Å². The van der Waals surface area contributed by atoms with Crippen LogP contribution in [0.3, 0.4) is 0 Å². The summed E-state index contributed by atoms with van der Waals surface area (Å²) in [6, 6.07) is 0. The van der Waals surface area contributed by atoms with Crippen LogP contribution in [0.4, 0.5) is 0 Å². The number of rotatable bonds is 4. The highest BCUT2D eigenvalue weighted by atomic mass is 16.5. The van der Waals surface area contributed by atoms with Gasteiger partial charge in [0, 0.05) is 45.0 Å². The Morgan fingerprint density at radius 2 is 2.00 bits per heavy atom. The number of hydrogen-bond donors (Lipinski definition) is 0. The number of piperazine rings is 1. The summed E-state index contributed by atoms with van der Waals surface area (Å²) >= 11 is 0. The van der Waals surface area contributed by atoms with Gasteiger partial charge in [0.2, 0.25) is 0 Å². The number of carbonyl (C=O) groups excluding carboxylic acids is 1. The SMILES string of the molecule is COC(=O)C=CN1CCN(CC2CC2)CC1. The number of nitrogens with zero attached hydrogens (tertiary/aromatic N) is 2. The molecule has 0 aromatic heterocycles. The fourth-order valence-corrected chi connectivity index (χ4v) is 1.99. The molecule has 0 atom stereocenters. The van der Waals surface area contributed by atoms with Crippen molar-refractivity contribution in [3.8, 4) is 0 Å². The van der Waals surface area contributed by atoms with Crippen LogP contribution in [-0.2, 0) is 9.53 Å². The van der Waals surface area contributed by atoms with E-state index < -0.39 is 0 Å². The maximum absolute atomic E-state index is 10.9. The molecule has 0 aromatic rings. The van der Waals surface area contributed by atoms with E-state index in [1.165, 1.54) is 32.6 Å². The van der Waals surface area contributed by atoms with Crippen molar-refractivity contribution in [3.63, 3.8) is 0 Å². The van der Waals surface area contributed by atoms with Crippen LogP contribution in [0.15, 0.2) is 12.3 Å². The minimum Gasteiger partial charge on any atom is -0.466 e. The average Bonchev–Trinajstić information content (AvgIpc) is 3.11. The molecule has 2 aliphatic rings. The molecule has 90 valence electrons. The number of hydrogen-bond acceptors (Lipinski definition) is 4. The predicted octanol–water partition coefficient (Wildman–Crippen LogP) is 0.701. The largest absolute Gasteiger partial charge is 0.466 e. The highest BCUT2D eigenvalue weighted by Gasteiger charge is 2.25. The first kappa shape index (κ1) is 11.5. The Kier molecular flexibility index (Phi) is 3.83. The van der Waals surface area contributed by atoms with E-state index in [0.717, 1.165) is 32.1 Å². The zero-order valence-electron chi connectivity index (χ0n) is 9.89. The molecule has 4 heteroatoms. The lowest BCUT2D eigenvalue weighted by Gasteiger charge is -2.34. The maximum Gasteiger partial charge on any atom is 0.331 e. The molecule has 0 amide bonds. The number of methoxy groups -OCH3 is 1.